The Morgan fingerprint density at radius 2 is 2.14 bits per heavy atom. The minimum absolute atomic E-state index is 0.00784. The van der Waals surface area contributed by atoms with E-state index in [1.54, 1.807) is 11.0 Å². The van der Waals surface area contributed by atoms with Crippen LogP contribution in [0.5, 0.6) is 0 Å². The summed E-state index contributed by atoms with van der Waals surface area (Å²) < 4.78 is 1.59. The highest BCUT2D eigenvalue weighted by atomic mass is 32.2. The molecule has 0 fully saturated rings. The van der Waals surface area contributed by atoms with Crippen molar-refractivity contribution in [1.29, 1.82) is 0 Å². The summed E-state index contributed by atoms with van der Waals surface area (Å²) in [6.07, 6.45) is 3.03. The molecule has 2 aromatic rings. The molecule has 1 atom stereocenters. The number of hydrogen-bond acceptors (Lipinski definition) is 4. The average Bonchev–Trinajstić information content (AvgIpc) is 2.98. The van der Waals surface area contributed by atoms with E-state index >= 15 is 0 Å². The number of benzene rings is 1. The molecular weight excluding hydrogens is 284 g/mol. The molecule has 0 unspecified atom stereocenters. The van der Waals surface area contributed by atoms with Crippen molar-refractivity contribution in [2.24, 2.45) is 0 Å². The van der Waals surface area contributed by atoms with Gasteiger partial charge in [-0.3, -0.25) is 4.79 Å². The number of hydrogen-bond donors (Lipinski definition) is 0. The Balaban J connectivity index is 1.96. The van der Waals surface area contributed by atoms with E-state index in [2.05, 4.69) is 30.0 Å². The number of anilines is 1. The van der Waals surface area contributed by atoms with Crippen molar-refractivity contribution >= 4 is 23.4 Å². The molecule has 1 aromatic heterocycles. The Morgan fingerprint density at radius 1 is 1.38 bits per heavy atom. The van der Waals surface area contributed by atoms with Gasteiger partial charge in [0, 0.05) is 16.2 Å². The van der Waals surface area contributed by atoms with Crippen LogP contribution < -0.4 is 4.90 Å². The molecule has 1 aromatic carbocycles. The molecular formula is C15H18N4OS. The van der Waals surface area contributed by atoms with E-state index in [9.17, 15) is 4.79 Å². The fraction of sp³-hybridized carbons (Fsp3) is 0.400. The van der Waals surface area contributed by atoms with Gasteiger partial charge in [-0.05, 0) is 32.9 Å². The van der Waals surface area contributed by atoms with E-state index in [0.29, 0.717) is 6.54 Å². The summed E-state index contributed by atoms with van der Waals surface area (Å²) in [5.74, 6) is 0.0429. The topological polar surface area (TPSA) is 51.0 Å². The first-order valence-electron chi connectivity index (χ1n) is 6.91. The lowest BCUT2D eigenvalue weighted by Gasteiger charge is -2.39. The van der Waals surface area contributed by atoms with Crippen molar-refractivity contribution in [3.8, 4) is 0 Å². The molecule has 1 aliphatic rings. The monoisotopic (exact) mass is 302 g/mol. The van der Waals surface area contributed by atoms with Gasteiger partial charge >= 0.3 is 0 Å². The third kappa shape index (κ3) is 2.68. The summed E-state index contributed by atoms with van der Waals surface area (Å²) in [6, 6.07) is 7.69. The molecule has 0 radical (unpaired) electrons. The Hall–Kier alpha value is -1.82. The minimum Gasteiger partial charge on any atom is -0.308 e. The van der Waals surface area contributed by atoms with E-state index in [1.807, 2.05) is 41.8 Å². The summed E-state index contributed by atoms with van der Waals surface area (Å²) in [6.45, 7) is 6.86. The van der Waals surface area contributed by atoms with Gasteiger partial charge in [-0.15, -0.1) is 11.8 Å². The number of amides is 1. The van der Waals surface area contributed by atoms with E-state index in [1.165, 1.54) is 6.33 Å². The normalized spacial score (nSPS) is 18.1. The number of carbonyl (C=O) groups excluding carboxylic acids is 1. The van der Waals surface area contributed by atoms with Crippen LogP contribution in [-0.4, -0.2) is 32.0 Å². The number of fused-ring (bicyclic) bond motifs is 1. The van der Waals surface area contributed by atoms with Crippen LogP contribution >= 0.6 is 11.8 Å². The summed E-state index contributed by atoms with van der Waals surface area (Å²) in [4.78, 5) is 19.8. The first kappa shape index (κ1) is 14.1. The molecule has 1 aliphatic heterocycles. The molecule has 0 spiro atoms. The summed E-state index contributed by atoms with van der Waals surface area (Å²) in [5, 5.41) is 4.08. The summed E-state index contributed by atoms with van der Waals surface area (Å²) in [7, 11) is 0. The van der Waals surface area contributed by atoms with Crippen molar-refractivity contribution in [1.82, 2.24) is 14.8 Å². The zero-order chi connectivity index (χ0) is 15.0. The number of carbonyl (C=O) groups is 1. The quantitative estimate of drug-likeness (QED) is 0.856. The fourth-order valence-corrected chi connectivity index (χ4v) is 3.73. The molecule has 110 valence electrons. The number of nitrogens with zero attached hydrogens (tertiary/aromatic N) is 4. The zero-order valence-electron chi connectivity index (χ0n) is 12.4. The van der Waals surface area contributed by atoms with E-state index < -0.39 is 0 Å². The van der Waals surface area contributed by atoms with Gasteiger partial charge in [0.15, 0.2) is 0 Å². The Kier molecular flexibility index (Phi) is 3.49. The highest BCUT2D eigenvalue weighted by Gasteiger charge is 2.35. The predicted octanol–water partition coefficient (Wildman–Crippen LogP) is 2.76. The number of para-hydroxylation sites is 1. The Morgan fingerprint density at radius 3 is 2.86 bits per heavy atom. The fourth-order valence-electron chi connectivity index (χ4n) is 2.52. The average molecular weight is 302 g/mol. The summed E-state index contributed by atoms with van der Waals surface area (Å²) in [5.41, 5.74) is 0.985. The number of aromatic nitrogens is 3. The van der Waals surface area contributed by atoms with Gasteiger partial charge in [0.1, 0.15) is 18.7 Å². The van der Waals surface area contributed by atoms with Gasteiger partial charge in [-0.2, -0.15) is 5.10 Å². The van der Waals surface area contributed by atoms with Gasteiger partial charge in [-0.25, -0.2) is 9.67 Å². The standard InChI is InChI=1S/C15H18N4OS/c1-11(19-10-16-9-17-19)14(20)18-8-15(2,3)21-13-7-5-4-6-12(13)18/h4-7,9-11H,8H2,1-3H3/t11-/m1/s1. The van der Waals surface area contributed by atoms with E-state index in [0.717, 1.165) is 10.6 Å². The van der Waals surface area contributed by atoms with Gasteiger partial charge < -0.3 is 4.90 Å². The molecule has 2 heterocycles. The first-order valence-corrected chi connectivity index (χ1v) is 7.73. The maximum Gasteiger partial charge on any atom is 0.251 e. The van der Waals surface area contributed by atoms with Crippen molar-refractivity contribution < 1.29 is 4.79 Å². The molecule has 0 saturated heterocycles. The molecule has 6 heteroatoms. The van der Waals surface area contributed by atoms with Crippen LogP contribution in [0.1, 0.15) is 26.8 Å². The van der Waals surface area contributed by atoms with Crippen molar-refractivity contribution in [3.63, 3.8) is 0 Å². The van der Waals surface area contributed by atoms with Gasteiger partial charge in [-0.1, -0.05) is 12.1 Å². The molecule has 0 bridgehead atoms. The zero-order valence-corrected chi connectivity index (χ0v) is 13.2. The third-order valence-electron chi connectivity index (χ3n) is 3.54. The second-order valence-corrected chi connectivity index (χ2v) is 7.55. The van der Waals surface area contributed by atoms with Crippen LogP contribution in [-0.2, 0) is 4.79 Å². The highest BCUT2D eigenvalue weighted by molar-refractivity contribution is 8.00. The second-order valence-electron chi connectivity index (χ2n) is 5.81. The largest absolute Gasteiger partial charge is 0.308 e. The van der Waals surface area contributed by atoms with Crippen molar-refractivity contribution in [3.05, 3.63) is 36.9 Å². The van der Waals surface area contributed by atoms with Gasteiger partial charge in [0.05, 0.1) is 5.69 Å². The molecule has 1 amide bonds. The van der Waals surface area contributed by atoms with Crippen LogP contribution in [0, 0.1) is 0 Å². The number of rotatable bonds is 2. The molecule has 0 aliphatic carbocycles. The molecule has 21 heavy (non-hydrogen) atoms. The SMILES string of the molecule is C[C@H](C(=O)N1CC(C)(C)Sc2ccccc21)n1cncn1. The van der Waals surface area contributed by atoms with Crippen LogP contribution in [0.3, 0.4) is 0 Å². The van der Waals surface area contributed by atoms with Crippen LogP contribution in [0.15, 0.2) is 41.8 Å². The second kappa shape index (κ2) is 5.18. The smallest absolute Gasteiger partial charge is 0.251 e. The lowest BCUT2D eigenvalue weighted by Crippen LogP contribution is -2.46. The molecule has 5 nitrogen and oxygen atoms in total. The maximum absolute atomic E-state index is 12.9. The van der Waals surface area contributed by atoms with Crippen LogP contribution in [0.25, 0.3) is 0 Å². The summed E-state index contributed by atoms with van der Waals surface area (Å²) >= 11 is 1.82. The van der Waals surface area contributed by atoms with E-state index in [-0.39, 0.29) is 16.7 Å². The maximum atomic E-state index is 12.9. The first-order chi connectivity index (χ1) is 9.98. The lowest BCUT2D eigenvalue weighted by atomic mass is 10.1. The molecule has 0 saturated carbocycles. The molecule has 0 N–H and O–H groups in total. The third-order valence-corrected chi connectivity index (χ3v) is 4.78. The highest BCUT2D eigenvalue weighted by Crippen LogP contribution is 2.44. The van der Waals surface area contributed by atoms with Crippen molar-refractivity contribution in [2.45, 2.75) is 36.5 Å². The Labute approximate surface area is 128 Å². The van der Waals surface area contributed by atoms with Crippen LogP contribution in [0.4, 0.5) is 5.69 Å². The van der Waals surface area contributed by atoms with Crippen molar-refractivity contribution in [2.75, 3.05) is 11.4 Å². The Bertz CT molecular complexity index is 653. The van der Waals surface area contributed by atoms with Gasteiger partial charge in [0.25, 0.3) is 5.91 Å². The molecule has 3 rings (SSSR count). The minimum atomic E-state index is -0.362. The lowest BCUT2D eigenvalue weighted by molar-refractivity contribution is -0.121. The number of thioether (sulfide) groups is 1. The predicted molar refractivity (Wildman–Crippen MR) is 83.5 cm³/mol. The van der Waals surface area contributed by atoms with Crippen LogP contribution in [0.2, 0.25) is 0 Å². The van der Waals surface area contributed by atoms with E-state index in [4.69, 9.17) is 0 Å². The van der Waals surface area contributed by atoms with Gasteiger partial charge in [0.2, 0.25) is 0 Å².